The number of anilines is 2. The summed E-state index contributed by atoms with van der Waals surface area (Å²) in [7, 11) is 0. The molecule has 1 fully saturated rings. The van der Waals surface area contributed by atoms with Crippen molar-refractivity contribution in [2.75, 3.05) is 49.5 Å². The number of ether oxygens (including phenoxy) is 2. The first-order valence-corrected chi connectivity index (χ1v) is 15.5. The summed E-state index contributed by atoms with van der Waals surface area (Å²) in [5.74, 6) is 1.61. The highest BCUT2D eigenvalue weighted by Gasteiger charge is 2.44. The number of hydrogen-bond acceptors (Lipinski definition) is 6. The fraction of sp³-hybridized carbons (Fsp3) is 0.375. The van der Waals surface area contributed by atoms with Crippen LogP contribution in [0, 0.1) is 0 Å². The van der Waals surface area contributed by atoms with Crippen LogP contribution in [-0.4, -0.2) is 69.7 Å². The molecule has 228 valence electrons. The summed E-state index contributed by atoms with van der Waals surface area (Å²) in [5.41, 5.74) is 4.88. The van der Waals surface area contributed by atoms with Crippen LogP contribution in [0.4, 0.5) is 16.2 Å². The summed E-state index contributed by atoms with van der Waals surface area (Å²) in [6, 6.07) is 22.0. The Kier molecular flexibility index (Phi) is 9.61. The molecule has 0 radical (unpaired) electrons. The van der Waals surface area contributed by atoms with Gasteiger partial charge in [0.2, 0.25) is 3.79 Å². The monoisotopic (exact) mass is 643 g/mol. The normalized spacial score (nSPS) is 14.6. The Hall–Kier alpha value is -3.17. The molecule has 0 atom stereocenters. The number of fused-ring (bicyclic) bond motifs is 1. The number of amides is 1. The Morgan fingerprint density at radius 3 is 2.33 bits per heavy atom. The van der Waals surface area contributed by atoms with Crippen LogP contribution in [0.2, 0.25) is 0 Å². The minimum Gasteiger partial charge on any atom is -0.492 e. The van der Waals surface area contributed by atoms with Crippen LogP contribution in [0.15, 0.2) is 66.7 Å². The third kappa shape index (κ3) is 7.68. The van der Waals surface area contributed by atoms with Crippen LogP contribution < -0.4 is 15.0 Å². The zero-order chi connectivity index (χ0) is 30.6. The second-order valence-electron chi connectivity index (χ2n) is 11.0. The number of H-pyrrole nitrogens is 1. The number of nitrogens with zero attached hydrogens (tertiary/aromatic N) is 3. The third-order valence-electron chi connectivity index (χ3n) is 7.65. The number of carbonyl (C=O) groups excluding carboxylic acids is 1. The fourth-order valence-corrected chi connectivity index (χ4v) is 5.00. The molecule has 0 saturated carbocycles. The summed E-state index contributed by atoms with van der Waals surface area (Å²) >= 11 is 17.6. The van der Waals surface area contributed by atoms with Gasteiger partial charge in [-0.15, -0.1) is 0 Å². The molecular weight excluding hydrogens is 609 g/mol. The van der Waals surface area contributed by atoms with E-state index in [1.165, 1.54) is 19.4 Å². The minimum absolute atomic E-state index is 0.544. The zero-order valence-electron chi connectivity index (χ0n) is 24.5. The number of alkyl halides is 3. The molecule has 0 bridgehead atoms. The predicted molar refractivity (Wildman–Crippen MR) is 176 cm³/mol. The number of aromatic nitrogens is 2. The van der Waals surface area contributed by atoms with Crippen molar-refractivity contribution in [1.29, 1.82) is 0 Å². The van der Waals surface area contributed by atoms with E-state index in [2.05, 4.69) is 69.5 Å². The van der Waals surface area contributed by atoms with E-state index in [9.17, 15) is 4.79 Å². The van der Waals surface area contributed by atoms with Gasteiger partial charge in [0.1, 0.15) is 23.7 Å². The van der Waals surface area contributed by atoms with Gasteiger partial charge in [0.15, 0.2) is 5.60 Å². The van der Waals surface area contributed by atoms with E-state index in [-0.39, 0.29) is 0 Å². The average molecular weight is 645 g/mol. The van der Waals surface area contributed by atoms with Gasteiger partial charge in [-0.2, -0.15) is 0 Å². The molecule has 0 aliphatic carbocycles. The molecule has 0 spiro atoms. The molecule has 0 unspecified atom stereocenters. The maximum atomic E-state index is 12.2. The number of aryl methyl sites for hydroxylation is 1. The SMILES string of the molecule is CCc1ccc(-c2nc3c(N4CCN(CCOc5ccc(NC(=O)OC(C)(C)C(Cl)(Cl)Cl)cc5)CC4)cccc3[nH]2)cc1. The molecule has 2 N–H and O–H groups in total. The molecule has 1 aliphatic heterocycles. The van der Waals surface area contributed by atoms with Crippen molar-refractivity contribution >= 4 is 63.3 Å². The van der Waals surface area contributed by atoms with Crippen LogP contribution in [0.25, 0.3) is 22.4 Å². The Morgan fingerprint density at radius 1 is 0.977 bits per heavy atom. The van der Waals surface area contributed by atoms with E-state index in [1.54, 1.807) is 24.3 Å². The molecule has 1 amide bonds. The number of piperazine rings is 1. The van der Waals surface area contributed by atoms with Crippen LogP contribution in [0.1, 0.15) is 26.3 Å². The number of hydrogen-bond donors (Lipinski definition) is 2. The van der Waals surface area contributed by atoms with Crippen molar-refractivity contribution in [3.8, 4) is 17.1 Å². The second-order valence-corrected chi connectivity index (χ2v) is 13.3. The smallest absolute Gasteiger partial charge is 0.412 e. The quantitative estimate of drug-likeness (QED) is 0.182. The van der Waals surface area contributed by atoms with E-state index >= 15 is 0 Å². The van der Waals surface area contributed by atoms with Gasteiger partial charge in [0.05, 0.1) is 11.2 Å². The molecule has 43 heavy (non-hydrogen) atoms. The van der Waals surface area contributed by atoms with Crippen LogP contribution in [0.5, 0.6) is 5.75 Å². The summed E-state index contributed by atoms with van der Waals surface area (Å²) < 4.78 is 9.46. The van der Waals surface area contributed by atoms with Crippen molar-refractivity contribution in [2.45, 2.75) is 36.6 Å². The van der Waals surface area contributed by atoms with Crippen molar-refractivity contribution in [1.82, 2.24) is 14.9 Å². The highest BCUT2D eigenvalue weighted by atomic mass is 35.6. The van der Waals surface area contributed by atoms with E-state index < -0.39 is 15.5 Å². The Morgan fingerprint density at radius 2 is 1.67 bits per heavy atom. The molecular formula is C32H36Cl3N5O3. The number of imidazole rings is 1. The largest absolute Gasteiger partial charge is 0.492 e. The Balaban J connectivity index is 1.09. The number of rotatable bonds is 9. The molecule has 5 rings (SSSR count). The molecule has 3 aromatic carbocycles. The van der Waals surface area contributed by atoms with Gasteiger partial charge in [-0.3, -0.25) is 10.2 Å². The van der Waals surface area contributed by atoms with Crippen LogP contribution >= 0.6 is 34.8 Å². The van der Waals surface area contributed by atoms with E-state index in [0.29, 0.717) is 18.0 Å². The number of para-hydroxylation sites is 1. The highest BCUT2D eigenvalue weighted by Crippen LogP contribution is 2.40. The minimum atomic E-state index is -1.76. The second kappa shape index (κ2) is 13.2. The number of aromatic amines is 1. The van der Waals surface area contributed by atoms with Gasteiger partial charge in [-0.1, -0.05) is 72.1 Å². The first-order chi connectivity index (χ1) is 20.5. The van der Waals surface area contributed by atoms with Gasteiger partial charge < -0.3 is 19.4 Å². The van der Waals surface area contributed by atoms with Gasteiger partial charge in [0, 0.05) is 44.0 Å². The Labute approximate surface area is 267 Å². The molecule has 8 nitrogen and oxygen atoms in total. The van der Waals surface area contributed by atoms with Crippen molar-refractivity contribution in [3.63, 3.8) is 0 Å². The predicted octanol–water partition coefficient (Wildman–Crippen LogP) is 7.69. The van der Waals surface area contributed by atoms with Crippen LogP contribution in [-0.2, 0) is 11.2 Å². The number of halogens is 3. The van der Waals surface area contributed by atoms with Gasteiger partial charge in [-0.25, -0.2) is 9.78 Å². The summed E-state index contributed by atoms with van der Waals surface area (Å²) in [4.78, 5) is 25.5. The number of nitrogens with one attached hydrogen (secondary N) is 2. The lowest BCUT2D eigenvalue weighted by Crippen LogP contribution is -2.47. The van der Waals surface area contributed by atoms with E-state index in [0.717, 1.165) is 67.3 Å². The Bertz CT molecular complexity index is 1530. The standard InChI is InChI=1S/C32H36Cl3N5O3/c1-4-22-8-10-23(11-9-22)29-37-26-6-5-7-27(28(26)38-29)40-18-16-39(17-19-40)20-21-42-25-14-12-24(13-15-25)36-30(41)43-31(2,3)32(33,34)35/h5-15H,4,16-21H2,1-3H3,(H,36,41)(H,37,38). The first kappa shape index (κ1) is 31.3. The topological polar surface area (TPSA) is 82.7 Å². The van der Waals surface area contributed by atoms with Crippen LogP contribution in [0.3, 0.4) is 0 Å². The van der Waals surface area contributed by atoms with Gasteiger partial charge in [-0.05, 0) is 62.2 Å². The lowest BCUT2D eigenvalue weighted by molar-refractivity contribution is 0.0519. The molecule has 1 saturated heterocycles. The van der Waals surface area contributed by atoms with E-state index in [1.807, 2.05) is 0 Å². The summed E-state index contributed by atoms with van der Waals surface area (Å²) in [5, 5.41) is 2.64. The third-order valence-corrected chi connectivity index (χ3v) is 9.01. The summed E-state index contributed by atoms with van der Waals surface area (Å²) in [6.45, 7) is 10.3. The lowest BCUT2D eigenvalue weighted by atomic mass is 10.1. The molecule has 1 aliphatic rings. The van der Waals surface area contributed by atoms with Crippen molar-refractivity contribution < 1.29 is 14.3 Å². The molecule has 2 heterocycles. The maximum Gasteiger partial charge on any atom is 0.412 e. The first-order valence-electron chi connectivity index (χ1n) is 14.4. The van der Waals surface area contributed by atoms with Gasteiger partial charge >= 0.3 is 6.09 Å². The molecule has 11 heteroatoms. The van der Waals surface area contributed by atoms with Crippen molar-refractivity contribution in [3.05, 3.63) is 72.3 Å². The number of carbonyl (C=O) groups is 1. The number of benzene rings is 3. The molecule has 1 aromatic heterocycles. The van der Waals surface area contributed by atoms with Gasteiger partial charge in [0.25, 0.3) is 0 Å². The maximum absolute atomic E-state index is 12.2. The lowest BCUT2D eigenvalue weighted by Gasteiger charge is -2.36. The fourth-order valence-electron chi connectivity index (χ4n) is 4.88. The summed E-state index contributed by atoms with van der Waals surface area (Å²) in [6.07, 6.45) is 0.309. The molecule has 4 aromatic rings. The van der Waals surface area contributed by atoms with E-state index in [4.69, 9.17) is 49.3 Å². The average Bonchev–Trinajstić information content (AvgIpc) is 3.42. The zero-order valence-corrected chi connectivity index (χ0v) is 26.8. The van der Waals surface area contributed by atoms with Crippen molar-refractivity contribution in [2.24, 2.45) is 0 Å². The highest BCUT2D eigenvalue weighted by molar-refractivity contribution is 6.68.